The van der Waals surface area contributed by atoms with E-state index < -0.39 is 0 Å². The molecule has 2 N–H and O–H groups in total. The van der Waals surface area contributed by atoms with Crippen molar-refractivity contribution in [1.82, 2.24) is 9.78 Å². The van der Waals surface area contributed by atoms with Crippen LogP contribution in [-0.2, 0) is 7.05 Å². The van der Waals surface area contributed by atoms with Gasteiger partial charge in [0, 0.05) is 18.3 Å². The molecule has 0 aromatic carbocycles. The molecule has 0 bridgehead atoms. The van der Waals surface area contributed by atoms with E-state index in [9.17, 15) is 0 Å². The second-order valence-electron chi connectivity index (χ2n) is 6.92. The van der Waals surface area contributed by atoms with Gasteiger partial charge < -0.3 is 5.73 Å². The fraction of sp³-hybridized carbons (Fsp3) is 0.812. The Morgan fingerprint density at radius 1 is 1.45 bits per heavy atom. The number of hydrogen-bond acceptors (Lipinski definition) is 3. The molecule has 0 amide bonds. The molecule has 1 aromatic rings. The van der Waals surface area contributed by atoms with Crippen LogP contribution in [-0.4, -0.2) is 21.1 Å². The van der Waals surface area contributed by atoms with Crippen LogP contribution in [0.3, 0.4) is 0 Å². The van der Waals surface area contributed by atoms with Crippen molar-refractivity contribution in [2.75, 3.05) is 0 Å². The van der Waals surface area contributed by atoms with Crippen LogP contribution >= 0.6 is 11.8 Å². The molecule has 3 atom stereocenters. The van der Waals surface area contributed by atoms with Crippen molar-refractivity contribution in [2.24, 2.45) is 24.1 Å². The highest BCUT2D eigenvalue weighted by atomic mass is 32.2. The summed E-state index contributed by atoms with van der Waals surface area (Å²) < 4.78 is 1.99. The third-order valence-corrected chi connectivity index (χ3v) is 6.56. The van der Waals surface area contributed by atoms with Crippen LogP contribution in [0.4, 0.5) is 0 Å². The van der Waals surface area contributed by atoms with Gasteiger partial charge in [0.25, 0.3) is 0 Å². The van der Waals surface area contributed by atoms with Crippen molar-refractivity contribution >= 4 is 11.8 Å². The molecule has 0 spiro atoms. The average molecular weight is 295 g/mol. The lowest BCUT2D eigenvalue weighted by Crippen LogP contribution is -2.42. The van der Waals surface area contributed by atoms with Gasteiger partial charge in [-0.2, -0.15) is 5.10 Å². The summed E-state index contributed by atoms with van der Waals surface area (Å²) in [7, 11) is 2.02. The maximum absolute atomic E-state index is 6.38. The Morgan fingerprint density at radius 2 is 2.15 bits per heavy atom. The topological polar surface area (TPSA) is 43.8 Å². The molecule has 0 saturated heterocycles. The Hall–Kier alpha value is -0.480. The second kappa shape index (κ2) is 6.10. The van der Waals surface area contributed by atoms with E-state index in [1.807, 2.05) is 30.4 Å². The van der Waals surface area contributed by atoms with E-state index in [0.717, 1.165) is 18.0 Å². The van der Waals surface area contributed by atoms with Crippen LogP contribution in [0.2, 0.25) is 0 Å². The van der Waals surface area contributed by atoms with E-state index >= 15 is 0 Å². The first kappa shape index (κ1) is 15.9. The molecule has 1 heterocycles. The summed E-state index contributed by atoms with van der Waals surface area (Å²) in [6.45, 7) is 9.17. The van der Waals surface area contributed by atoms with Crippen molar-refractivity contribution in [3.8, 4) is 0 Å². The van der Waals surface area contributed by atoms with Gasteiger partial charge in [0.1, 0.15) is 0 Å². The molecule has 0 radical (unpaired) electrons. The number of hydrogen-bond donors (Lipinski definition) is 1. The molecule has 1 aliphatic rings. The minimum absolute atomic E-state index is 0.319. The number of aromatic nitrogens is 2. The maximum atomic E-state index is 6.38. The molecule has 3 nitrogen and oxygen atoms in total. The average Bonchev–Trinajstić information content (AvgIpc) is 2.70. The summed E-state index contributed by atoms with van der Waals surface area (Å²) in [5.41, 5.74) is 7.90. The summed E-state index contributed by atoms with van der Waals surface area (Å²) in [5.74, 6) is 0.791. The first-order valence-electron chi connectivity index (χ1n) is 7.76. The molecule has 20 heavy (non-hydrogen) atoms. The van der Waals surface area contributed by atoms with Crippen molar-refractivity contribution in [2.45, 2.75) is 69.7 Å². The molecule has 1 saturated carbocycles. The van der Waals surface area contributed by atoms with E-state index in [2.05, 4.69) is 31.9 Å². The van der Waals surface area contributed by atoms with Crippen LogP contribution in [0, 0.1) is 18.3 Å². The zero-order valence-electron chi connectivity index (χ0n) is 13.5. The highest BCUT2D eigenvalue weighted by Gasteiger charge is 2.36. The molecule has 114 valence electrons. The highest BCUT2D eigenvalue weighted by molar-refractivity contribution is 7.99. The molecular weight excluding hydrogens is 266 g/mol. The number of aryl methyl sites for hydroxylation is 2. The summed E-state index contributed by atoms with van der Waals surface area (Å²) in [5, 5.41) is 6.21. The van der Waals surface area contributed by atoms with Crippen LogP contribution in [0.1, 0.15) is 52.1 Å². The zero-order chi connectivity index (χ0) is 14.9. The Labute approximate surface area is 127 Å². The summed E-state index contributed by atoms with van der Waals surface area (Å²) in [6, 6.07) is 2.49. The summed E-state index contributed by atoms with van der Waals surface area (Å²) >= 11 is 1.93. The molecule has 4 heteroatoms. The van der Waals surface area contributed by atoms with Crippen molar-refractivity contribution in [1.29, 1.82) is 0 Å². The molecule has 1 fully saturated rings. The van der Waals surface area contributed by atoms with Crippen molar-refractivity contribution in [3.05, 3.63) is 11.8 Å². The Kier molecular flexibility index (Phi) is 4.85. The third kappa shape index (κ3) is 3.40. The summed E-state index contributed by atoms with van der Waals surface area (Å²) in [6.07, 6.45) is 4.91. The van der Waals surface area contributed by atoms with E-state index in [4.69, 9.17) is 5.73 Å². The SMILES string of the molecule is CCC(C)(C)C1CCC(N)C(Sc2cc(C)nn2C)C1. The van der Waals surface area contributed by atoms with Crippen LogP contribution in [0.15, 0.2) is 11.1 Å². The molecule has 1 aromatic heterocycles. The largest absolute Gasteiger partial charge is 0.327 e. The van der Waals surface area contributed by atoms with E-state index in [0.29, 0.717) is 16.7 Å². The molecule has 0 aliphatic heterocycles. The number of rotatable bonds is 4. The van der Waals surface area contributed by atoms with Crippen molar-refractivity contribution in [3.63, 3.8) is 0 Å². The second-order valence-corrected chi connectivity index (χ2v) is 8.18. The first-order chi connectivity index (χ1) is 9.33. The Bertz CT molecular complexity index is 453. The van der Waals surface area contributed by atoms with E-state index in [1.165, 1.54) is 24.3 Å². The lowest BCUT2D eigenvalue weighted by atomic mass is 9.69. The smallest absolute Gasteiger partial charge is 0.0942 e. The Balaban J connectivity index is 2.08. The van der Waals surface area contributed by atoms with Gasteiger partial charge in [-0.05, 0) is 43.6 Å². The van der Waals surface area contributed by atoms with Crippen molar-refractivity contribution < 1.29 is 0 Å². The normalized spacial score (nSPS) is 27.8. The fourth-order valence-corrected chi connectivity index (χ4v) is 4.52. The molecule has 1 aliphatic carbocycles. The van der Waals surface area contributed by atoms with Crippen LogP contribution in [0.5, 0.6) is 0 Å². The standard InChI is InChI=1S/C16H29N3S/c1-6-16(3,4)12-7-8-13(17)14(10-12)20-15-9-11(2)18-19(15)5/h9,12-14H,6-8,10,17H2,1-5H3. The fourth-order valence-electron chi connectivity index (χ4n) is 3.14. The van der Waals surface area contributed by atoms with Crippen LogP contribution < -0.4 is 5.73 Å². The minimum Gasteiger partial charge on any atom is -0.327 e. The number of thioether (sulfide) groups is 1. The minimum atomic E-state index is 0.319. The predicted octanol–water partition coefficient (Wildman–Crippen LogP) is 3.75. The Morgan fingerprint density at radius 3 is 2.70 bits per heavy atom. The highest BCUT2D eigenvalue weighted by Crippen LogP contribution is 2.44. The molecular formula is C16H29N3S. The van der Waals surface area contributed by atoms with Gasteiger partial charge in [0.2, 0.25) is 0 Å². The van der Waals surface area contributed by atoms with Crippen LogP contribution in [0.25, 0.3) is 0 Å². The lowest BCUT2D eigenvalue weighted by Gasteiger charge is -2.41. The first-order valence-corrected chi connectivity index (χ1v) is 8.64. The van der Waals surface area contributed by atoms with Gasteiger partial charge >= 0.3 is 0 Å². The maximum Gasteiger partial charge on any atom is 0.0942 e. The summed E-state index contributed by atoms with van der Waals surface area (Å²) in [4.78, 5) is 0. The molecule has 3 unspecified atom stereocenters. The zero-order valence-corrected chi connectivity index (χ0v) is 14.3. The third-order valence-electron chi connectivity index (χ3n) is 5.09. The van der Waals surface area contributed by atoms with Gasteiger partial charge in [-0.1, -0.05) is 27.2 Å². The van der Waals surface area contributed by atoms with Gasteiger partial charge in [-0.15, -0.1) is 11.8 Å². The van der Waals surface area contributed by atoms with Gasteiger partial charge in [0.05, 0.1) is 10.7 Å². The van der Waals surface area contributed by atoms with Gasteiger partial charge in [-0.25, -0.2) is 0 Å². The van der Waals surface area contributed by atoms with E-state index in [-0.39, 0.29) is 0 Å². The van der Waals surface area contributed by atoms with Gasteiger partial charge in [0.15, 0.2) is 0 Å². The van der Waals surface area contributed by atoms with E-state index in [1.54, 1.807) is 0 Å². The van der Waals surface area contributed by atoms with Gasteiger partial charge in [-0.3, -0.25) is 4.68 Å². The monoisotopic (exact) mass is 295 g/mol. The number of nitrogens with zero attached hydrogens (tertiary/aromatic N) is 2. The quantitative estimate of drug-likeness (QED) is 0.920. The molecule has 2 rings (SSSR count). The predicted molar refractivity (Wildman–Crippen MR) is 87.0 cm³/mol. The lowest BCUT2D eigenvalue weighted by molar-refractivity contribution is 0.148. The number of nitrogens with two attached hydrogens (primary N) is 1.